The summed E-state index contributed by atoms with van der Waals surface area (Å²) in [4.78, 5) is 33.2. The number of anilines is 1. The molecule has 10 heteroatoms. The fourth-order valence-electron chi connectivity index (χ4n) is 3.96. The Bertz CT molecular complexity index is 914. The molecule has 0 N–H and O–H groups in total. The van der Waals surface area contributed by atoms with Gasteiger partial charge in [0.05, 0.1) is 24.7 Å². The molecule has 1 saturated carbocycles. The van der Waals surface area contributed by atoms with Crippen molar-refractivity contribution in [2.24, 2.45) is 0 Å². The van der Waals surface area contributed by atoms with Crippen LogP contribution in [0.5, 0.6) is 0 Å². The molecule has 1 aromatic carbocycles. The highest BCUT2D eigenvalue weighted by molar-refractivity contribution is 6.28. The molecule has 1 heterocycles. The third kappa shape index (κ3) is 5.48. The van der Waals surface area contributed by atoms with Gasteiger partial charge in [-0.3, -0.25) is 10.1 Å². The van der Waals surface area contributed by atoms with E-state index < -0.39 is 16.9 Å². The maximum atomic E-state index is 12.5. The predicted molar refractivity (Wildman–Crippen MR) is 115 cm³/mol. The van der Waals surface area contributed by atoms with Crippen molar-refractivity contribution in [1.82, 2.24) is 9.97 Å². The van der Waals surface area contributed by atoms with Crippen molar-refractivity contribution in [2.75, 3.05) is 12.0 Å². The lowest BCUT2D eigenvalue weighted by atomic mass is 10.1. The van der Waals surface area contributed by atoms with Crippen molar-refractivity contribution in [1.29, 1.82) is 0 Å². The number of rotatable bonds is 9. The summed E-state index contributed by atoms with van der Waals surface area (Å²) in [5, 5.41) is 11.5. The molecule has 1 fully saturated rings. The lowest BCUT2D eigenvalue weighted by Gasteiger charge is -2.35. The molecule has 0 amide bonds. The van der Waals surface area contributed by atoms with Gasteiger partial charge in [-0.1, -0.05) is 37.3 Å². The molecule has 3 rings (SSSR count). The van der Waals surface area contributed by atoms with E-state index in [9.17, 15) is 14.9 Å². The van der Waals surface area contributed by atoms with Crippen LogP contribution in [0.1, 0.15) is 38.2 Å². The van der Waals surface area contributed by atoms with Crippen LogP contribution in [-0.2, 0) is 20.9 Å². The number of carbonyl (C=O) groups excluding carboxylic acids is 1. The van der Waals surface area contributed by atoms with E-state index in [0.29, 0.717) is 25.9 Å². The molecule has 9 nitrogen and oxygen atoms in total. The van der Waals surface area contributed by atoms with Crippen molar-refractivity contribution in [3.8, 4) is 0 Å². The zero-order chi connectivity index (χ0) is 22.4. The molecule has 0 radical (unpaired) electrons. The van der Waals surface area contributed by atoms with Gasteiger partial charge in [0.15, 0.2) is 0 Å². The first kappa shape index (κ1) is 22.9. The van der Waals surface area contributed by atoms with Gasteiger partial charge >= 0.3 is 11.7 Å². The average molecular weight is 449 g/mol. The van der Waals surface area contributed by atoms with Crippen LogP contribution in [0.3, 0.4) is 0 Å². The average Bonchev–Trinajstić information content (AvgIpc) is 3.24. The molecule has 1 aliphatic carbocycles. The molecule has 1 aliphatic rings. The van der Waals surface area contributed by atoms with Crippen molar-refractivity contribution < 1.29 is 19.2 Å². The largest absolute Gasteiger partial charge is 0.467 e. The lowest BCUT2D eigenvalue weighted by Crippen LogP contribution is -2.48. The highest BCUT2D eigenvalue weighted by atomic mass is 35.5. The number of benzene rings is 1. The second-order valence-corrected chi connectivity index (χ2v) is 7.68. The Labute approximate surface area is 185 Å². The molecule has 166 valence electrons. The summed E-state index contributed by atoms with van der Waals surface area (Å²) in [6.07, 6.45) is 3.46. The van der Waals surface area contributed by atoms with Crippen molar-refractivity contribution in [3.05, 3.63) is 57.5 Å². The Morgan fingerprint density at radius 2 is 2.10 bits per heavy atom. The topological polar surface area (TPSA) is 108 Å². The second-order valence-electron chi connectivity index (χ2n) is 7.34. The molecule has 1 aromatic heterocycles. The summed E-state index contributed by atoms with van der Waals surface area (Å²) < 4.78 is 11.0. The standard InChI is InChI=1S/C21H25ClN4O5/c1-3-17(20(27)30-2)25(19-18(26(28)29)12-23-21(22)24-19)15-9-10-16(11-15)31-13-14-7-5-4-6-8-14/h4-8,12,15-17H,3,9-11,13H2,1-2H3. The number of carbonyl (C=O) groups is 1. The van der Waals surface area contributed by atoms with Gasteiger partial charge in [-0.05, 0) is 42.8 Å². The minimum absolute atomic E-state index is 0.0240. The molecule has 3 unspecified atom stereocenters. The predicted octanol–water partition coefficient (Wildman–Crippen LogP) is 3.93. The number of halogens is 1. The minimum atomic E-state index is -0.743. The number of aromatic nitrogens is 2. The van der Waals surface area contributed by atoms with E-state index in [2.05, 4.69) is 9.97 Å². The van der Waals surface area contributed by atoms with E-state index in [-0.39, 0.29) is 28.9 Å². The number of nitrogens with zero attached hydrogens (tertiary/aromatic N) is 4. The summed E-state index contributed by atoms with van der Waals surface area (Å²) in [5.74, 6) is -0.462. The molecular weight excluding hydrogens is 424 g/mol. The fourth-order valence-corrected chi connectivity index (χ4v) is 4.09. The van der Waals surface area contributed by atoms with Crippen LogP contribution in [-0.4, -0.2) is 46.2 Å². The lowest BCUT2D eigenvalue weighted by molar-refractivity contribution is -0.384. The van der Waals surface area contributed by atoms with Gasteiger partial charge in [-0.25, -0.2) is 9.78 Å². The third-order valence-corrected chi connectivity index (χ3v) is 5.62. The van der Waals surface area contributed by atoms with Gasteiger partial charge < -0.3 is 14.4 Å². The van der Waals surface area contributed by atoms with E-state index in [1.807, 2.05) is 37.3 Å². The third-order valence-electron chi connectivity index (χ3n) is 5.44. The first-order valence-electron chi connectivity index (χ1n) is 10.1. The van der Waals surface area contributed by atoms with Crippen molar-refractivity contribution in [2.45, 2.75) is 57.4 Å². The SMILES string of the molecule is CCC(C(=O)OC)N(c1nc(Cl)ncc1[N+](=O)[O-])C1CCC(OCc2ccccc2)C1. The normalized spacial score (nSPS) is 19.1. The molecule has 3 atom stereocenters. The molecule has 0 bridgehead atoms. The van der Waals surface area contributed by atoms with Gasteiger partial charge in [-0.2, -0.15) is 4.98 Å². The van der Waals surface area contributed by atoms with Gasteiger partial charge in [0.25, 0.3) is 0 Å². The van der Waals surface area contributed by atoms with Crippen LogP contribution >= 0.6 is 11.6 Å². The quantitative estimate of drug-likeness (QED) is 0.246. The van der Waals surface area contributed by atoms with Crippen LogP contribution in [0, 0.1) is 10.1 Å². The molecule has 31 heavy (non-hydrogen) atoms. The zero-order valence-corrected chi connectivity index (χ0v) is 18.2. The van der Waals surface area contributed by atoms with Crippen LogP contribution in [0.2, 0.25) is 5.28 Å². The van der Waals surface area contributed by atoms with Gasteiger partial charge in [-0.15, -0.1) is 0 Å². The second kappa shape index (κ2) is 10.5. The highest BCUT2D eigenvalue weighted by Gasteiger charge is 2.40. The summed E-state index contributed by atoms with van der Waals surface area (Å²) in [6, 6.07) is 8.91. The number of esters is 1. The molecule has 2 aromatic rings. The van der Waals surface area contributed by atoms with Crippen LogP contribution in [0.4, 0.5) is 11.5 Å². The monoisotopic (exact) mass is 448 g/mol. The van der Waals surface area contributed by atoms with Crippen LogP contribution < -0.4 is 4.90 Å². The summed E-state index contributed by atoms with van der Waals surface area (Å²) in [6.45, 7) is 2.30. The number of nitro groups is 1. The van der Waals surface area contributed by atoms with E-state index in [4.69, 9.17) is 21.1 Å². The maximum Gasteiger partial charge on any atom is 0.329 e. The Morgan fingerprint density at radius 3 is 2.74 bits per heavy atom. The Balaban J connectivity index is 1.87. The minimum Gasteiger partial charge on any atom is -0.467 e. The Kier molecular flexibility index (Phi) is 7.75. The zero-order valence-electron chi connectivity index (χ0n) is 17.4. The molecular formula is C21H25ClN4O5. The smallest absolute Gasteiger partial charge is 0.329 e. The van der Waals surface area contributed by atoms with E-state index >= 15 is 0 Å². The number of ether oxygens (including phenoxy) is 2. The van der Waals surface area contributed by atoms with E-state index in [0.717, 1.165) is 18.2 Å². The molecule has 0 spiro atoms. The molecule has 0 aliphatic heterocycles. The van der Waals surface area contributed by atoms with Gasteiger partial charge in [0.2, 0.25) is 11.1 Å². The van der Waals surface area contributed by atoms with E-state index in [1.165, 1.54) is 7.11 Å². The highest BCUT2D eigenvalue weighted by Crippen LogP contribution is 2.36. The van der Waals surface area contributed by atoms with Crippen molar-refractivity contribution in [3.63, 3.8) is 0 Å². The van der Waals surface area contributed by atoms with Gasteiger partial charge in [0, 0.05) is 6.04 Å². The Hall–Kier alpha value is -2.78. The number of methoxy groups -OCH3 is 1. The fraction of sp³-hybridized carbons (Fsp3) is 0.476. The Morgan fingerprint density at radius 1 is 1.35 bits per heavy atom. The summed E-state index contributed by atoms with van der Waals surface area (Å²) >= 11 is 5.97. The first-order chi connectivity index (χ1) is 14.9. The maximum absolute atomic E-state index is 12.5. The van der Waals surface area contributed by atoms with E-state index in [1.54, 1.807) is 4.90 Å². The number of hydrogen-bond donors (Lipinski definition) is 0. The van der Waals surface area contributed by atoms with Gasteiger partial charge in [0.1, 0.15) is 12.2 Å². The summed E-state index contributed by atoms with van der Waals surface area (Å²) in [5.41, 5.74) is 0.766. The molecule has 0 saturated heterocycles. The van der Waals surface area contributed by atoms with Crippen molar-refractivity contribution >= 4 is 29.1 Å². The van der Waals surface area contributed by atoms with Crippen LogP contribution in [0.25, 0.3) is 0 Å². The van der Waals surface area contributed by atoms with Crippen LogP contribution in [0.15, 0.2) is 36.5 Å². The first-order valence-corrected chi connectivity index (χ1v) is 10.5. The number of hydrogen-bond acceptors (Lipinski definition) is 8. The summed E-state index contributed by atoms with van der Waals surface area (Å²) in [7, 11) is 1.30.